The van der Waals surface area contributed by atoms with Crippen LogP contribution in [0.5, 0.6) is 0 Å². The molecule has 3 aromatic carbocycles. The summed E-state index contributed by atoms with van der Waals surface area (Å²) in [4.78, 5) is 42.9. The summed E-state index contributed by atoms with van der Waals surface area (Å²) in [5.41, 5.74) is 0.879. The lowest BCUT2D eigenvalue weighted by atomic mass is 10.1. The zero-order valence-electron chi connectivity index (χ0n) is 22.6. The number of hydrogen-bond acceptors (Lipinski definition) is 5. The molecule has 0 aliphatic carbocycles. The number of fused-ring (bicyclic) bond motifs is 1. The summed E-state index contributed by atoms with van der Waals surface area (Å²) >= 11 is 0. The molecule has 4 aromatic rings. The molecule has 0 aliphatic rings. The van der Waals surface area contributed by atoms with Crippen LogP contribution in [0.3, 0.4) is 0 Å². The molecule has 2 amide bonds. The van der Waals surface area contributed by atoms with Crippen molar-refractivity contribution in [3.05, 3.63) is 117 Å². The highest BCUT2D eigenvalue weighted by Gasteiger charge is 2.32. The van der Waals surface area contributed by atoms with Crippen LogP contribution in [-0.2, 0) is 28.8 Å². The molecule has 0 radical (unpaired) electrons. The SMILES string of the molecule is COCCN(CC(=O)N(Cc1ccccc1)Cc1coc2ccc(C)cc2c1=O)C(=O)c1cccc(C(F)(F)F)c1. The van der Waals surface area contributed by atoms with E-state index in [-0.39, 0.29) is 42.8 Å². The number of carbonyl (C=O) groups is 2. The average molecular weight is 567 g/mol. The van der Waals surface area contributed by atoms with Crippen LogP contribution in [0.2, 0.25) is 0 Å². The molecular weight excluding hydrogens is 537 g/mol. The number of rotatable bonds is 10. The van der Waals surface area contributed by atoms with Gasteiger partial charge in [0, 0.05) is 25.8 Å². The van der Waals surface area contributed by atoms with Gasteiger partial charge in [-0.05, 0) is 42.8 Å². The number of halogens is 3. The third kappa shape index (κ3) is 7.40. The molecule has 4 rings (SSSR count). The first-order chi connectivity index (χ1) is 19.6. The fourth-order valence-electron chi connectivity index (χ4n) is 4.36. The third-order valence-corrected chi connectivity index (χ3v) is 6.55. The van der Waals surface area contributed by atoms with Crippen molar-refractivity contribution >= 4 is 22.8 Å². The standard InChI is InChI=1S/C31H29F3N2O5/c1-21-11-12-27-26(15-21)29(38)24(20-41-27)18-36(17-22-7-4-3-5-8-22)28(37)19-35(13-14-40-2)30(39)23-9-6-10-25(16-23)31(32,33)34/h3-12,15-16,20H,13-14,17-19H2,1-2H3. The van der Waals surface area contributed by atoms with E-state index >= 15 is 0 Å². The van der Waals surface area contributed by atoms with Crippen molar-refractivity contribution < 1.29 is 31.9 Å². The number of aryl methyl sites for hydroxylation is 1. The zero-order chi connectivity index (χ0) is 29.6. The molecule has 0 bridgehead atoms. The number of amides is 2. The van der Waals surface area contributed by atoms with E-state index in [0.29, 0.717) is 11.0 Å². The van der Waals surface area contributed by atoms with Crippen LogP contribution in [0.4, 0.5) is 13.2 Å². The van der Waals surface area contributed by atoms with Crippen LogP contribution in [0.15, 0.2) is 88.3 Å². The Labute approximate surface area is 234 Å². The predicted octanol–water partition coefficient (Wildman–Crippen LogP) is 5.44. The number of methoxy groups -OCH3 is 1. The lowest BCUT2D eigenvalue weighted by Crippen LogP contribution is -2.44. The van der Waals surface area contributed by atoms with Crippen molar-refractivity contribution in [2.24, 2.45) is 0 Å². The van der Waals surface area contributed by atoms with Gasteiger partial charge in [0.1, 0.15) is 12.1 Å². The van der Waals surface area contributed by atoms with Gasteiger partial charge in [-0.25, -0.2) is 0 Å². The Bertz CT molecular complexity index is 1580. The maximum Gasteiger partial charge on any atom is 0.416 e. The van der Waals surface area contributed by atoms with E-state index in [4.69, 9.17) is 9.15 Å². The van der Waals surface area contributed by atoms with E-state index in [0.717, 1.165) is 34.2 Å². The van der Waals surface area contributed by atoms with E-state index in [1.165, 1.54) is 24.3 Å². The van der Waals surface area contributed by atoms with Gasteiger partial charge in [-0.1, -0.05) is 48.0 Å². The van der Waals surface area contributed by atoms with E-state index < -0.39 is 30.1 Å². The second-order valence-electron chi connectivity index (χ2n) is 9.62. The molecule has 0 saturated heterocycles. The minimum Gasteiger partial charge on any atom is -0.464 e. The number of hydrogen-bond donors (Lipinski definition) is 0. The first kappa shape index (κ1) is 29.5. The van der Waals surface area contributed by atoms with Gasteiger partial charge < -0.3 is 19.0 Å². The molecule has 0 atom stereocenters. The van der Waals surface area contributed by atoms with Gasteiger partial charge in [0.2, 0.25) is 5.91 Å². The van der Waals surface area contributed by atoms with Crippen LogP contribution in [-0.4, -0.2) is 48.4 Å². The molecule has 41 heavy (non-hydrogen) atoms. The highest BCUT2D eigenvalue weighted by molar-refractivity contribution is 5.96. The molecule has 0 fully saturated rings. The van der Waals surface area contributed by atoms with Crippen molar-refractivity contribution in [3.63, 3.8) is 0 Å². The third-order valence-electron chi connectivity index (χ3n) is 6.55. The second kappa shape index (κ2) is 12.8. The highest BCUT2D eigenvalue weighted by Crippen LogP contribution is 2.29. The molecule has 7 nitrogen and oxygen atoms in total. The quantitative estimate of drug-likeness (QED) is 0.256. The summed E-state index contributed by atoms with van der Waals surface area (Å²) in [6.45, 7) is 1.46. The van der Waals surface area contributed by atoms with Gasteiger partial charge in [0.25, 0.3) is 5.91 Å². The van der Waals surface area contributed by atoms with Gasteiger partial charge in [-0.3, -0.25) is 14.4 Å². The number of nitrogens with zero attached hydrogens (tertiary/aromatic N) is 2. The lowest BCUT2D eigenvalue weighted by molar-refractivity contribution is -0.137. The molecule has 0 saturated carbocycles. The number of carbonyl (C=O) groups excluding carboxylic acids is 2. The monoisotopic (exact) mass is 566 g/mol. The summed E-state index contributed by atoms with van der Waals surface area (Å²) in [6, 6.07) is 18.4. The molecular formula is C31H29F3N2O5. The minimum atomic E-state index is -4.63. The van der Waals surface area contributed by atoms with Crippen LogP contribution in [0.25, 0.3) is 11.0 Å². The van der Waals surface area contributed by atoms with Crippen molar-refractivity contribution in [3.8, 4) is 0 Å². The van der Waals surface area contributed by atoms with Gasteiger partial charge in [-0.2, -0.15) is 13.2 Å². The topological polar surface area (TPSA) is 80.1 Å². The van der Waals surface area contributed by atoms with E-state index in [9.17, 15) is 27.6 Å². The Morgan fingerprint density at radius 3 is 2.39 bits per heavy atom. The summed E-state index contributed by atoms with van der Waals surface area (Å²) < 4.78 is 50.6. The van der Waals surface area contributed by atoms with Crippen LogP contribution in [0.1, 0.15) is 32.6 Å². The van der Waals surface area contributed by atoms with Gasteiger partial charge in [0.15, 0.2) is 5.43 Å². The zero-order valence-corrected chi connectivity index (χ0v) is 22.6. The first-order valence-electron chi connectivity index (χ1n) is 12.8. The molecule has 0 unspecified atom stereocenters. The van der Waals surface area contributed by atoms with E-state index in [1.807, 2.05) is 43.3 Å². The summed E-state index contributed by atoms with van der Waals surface area (Å²) in [6.07, 6.45) is -3.31. The van der Waals surface area contributed by atoms with Gasteiger partial charge in [0.05, 0.1) is 35.9 Å². The van der Waals surface area contributed by atoms with Crippen molar-refractivity contribution in [2.75, 3.05) is 26.8 Å². The van der Waals surface area contributed by atoms with E-state index in [2.05, 4.69) is 0 Å². The maximum atomic E-state index is 13.7. The Morgan fingerprint density at radius 1 is 0.927 bits per heavy atom. The van der Waals surface area contributed by atoms with Crippen molar-refractivity contribution in [1.29, 1.82) is 0 Å². The predicted molar refractivity (Wildman–Crippen MR) is 147 cm³/mol. The molecule has 214 valence electrons. The fourth-order valence-corrected chi connectivity index (χ4v) is 4.36. The number of ether oxygens (including phenoxy) is 1. The first-order valence-corrected chi connectivity index (χ1v) is 12.8. The average Bonchev–Trinajstić information content (AvgIpc) is 2.96. The van der Waals surface area contributed by atoms with Crippen LogP contribution >= 0.6 is 0 Å². The van der Waals surface area contributed by atoms with Crippen molar-refractivity contribution in [2.45, 2.75) is 26.2 Å². The lowest BCUT2D eigenvalue weighted by Gasteiger charge is -2.28. The smallest absolute Gasteiger partial charge is 0.416 e. The van der Waals surface area contributed by atoms with Crippen molar-refractivity contribution in [1.82, 2.24) is 9.80 Å². The Hall–Kier alpha value is -4.44. The van der Waals surface area contributed by atoms with Gasteiger partial charge >= 0.3 is 6.18 Å². The molecule has 1 aromatic heterocycles. The number of benzene rings is 3. The molecule has 0 spiro atoms. The second-order valence-corrected chi connectivity index (χ2v) is 9.62. The van der Waals surface area contributed by atoms with Gasteiger partial charge in [-0.15, -0.1) is 0 Å². The highest BCUT2D eigenvalue weighted by atomic mass is 19.4. The van der Waals surface area contributed by atoms with E-state index in [1.54, 1.807) is 12.1 Å². The molecule has 1 heterocycles. The Morgan fingerprint density at radius 2 is 1.68 bits per heavy atom. The summed E-state index contributed by atoms with van der Waals surface area (Å²) in [7, 11) is 1.41. The maximum absolute atomic E-state index is 13.7. The summed E-state index contributed by atoms with van der Waals surface area (Å²) in [5, 5.41) is 0.385. The Kier molecular flexibility index (Phi) is 9.24. The largest absolute Gasteiger partial charge is 0.464 e. The minimum absolute atomic E-state index is 0.0338. The normalized spacial score (nSPS) is 11.4. The fraction of sp³-hybridized carbons (Fsp3) is 0.258. The van der Waals surface area contributed by atoms with Crippen LogP contribution in [0, 0.1) is 6.92 Å². The molecule has 10 heteroatoms. The number of alkyl halides is 3. The van der Waals surface area contributed by atoms with Crippen LogP contribution < -0.4 is 5.43 Å². The Balaban J connectivity index is 1.64. The molecule has 0 aliphatic heterocycles. The molecule has 0 N–H and O–H groups in total. The summed E-state index contributed by atoms with van der Waals surface area (Å²) in [5.74, 6) is -1.25.